The van der Waals surface area contributed by atoms with E-state index in [1.165, 1.54) is 33.2 Å². The van der Waals surface area contributed by atoms with Crippen molar-refractivity contribution < 1.29 is 55.9 Å². The number of carbonyl (C=O) groups excluding carboxylic acids is 1. The summed E-state index contributed by atoms with van der Waals surface area (Å²) in [6, 6.07) is 43.0. The molecule has 0 saturated carbocycles. The van der Waals surface area contributed by atoms with Crippen molar-refractivity contribution in [2.75, 3.05) is 20.3 Å². The Balaban J connectivity index is 1.28. The van der Waals surface area contributed by atoms with Gasteiger partial charge in [0.05, 0.1) is 0 Å². The van der Waals surface area contributed by atoms with E-state index in [9.17, 15) is 4.79 Å². The van der Waals surface area contributed by atoms with Gasteiger partial charge < -0.3 is 0 Å². The molecule has 0 spiro atoms. The van der Waals surface area contributed by atoms with E-state index in [1.807, 2.05) is 0 Å². The molecule has 2 heterocycles. The second-order valence-electron chi connectivity index (χ2n) is 20.4. The fourth-order valence-corrected chi connectivity index (χ4v) is 24.1. The predicted octanol–water partition coefficient (Wildman–Crippen LogP) is 10.1. The van der Waals surface area contributed by atoms with Crippen LogP contribution in [0.3, 0.4) is 0 Å². The maximum absolute atomic E-state index is 12.8. The Bertz CT molecular complexity index is 2030. The van der Waals surface area contributed by atoms with E-state index < -0.39 is 57.3 Å². The van der Waals surface area contributed by atoms with Crippen LogP contribution in [0.15, 0.2) is 133 Å². The molecule has 64 heavy (non-hydrogen) atoms. The van der Waals surface area contributed by atoms with E-state index in [-0.39, 0.29) is 34.4 Å². The fourth-order valence-electron chi connectivity index (χ4n) is 10.6. The van der Waals surface area contributed by atoms with Crippen molar-refractivity contribution in [1.82, 2.24) is 0 Å². The van der Waals surface area contributed by atoms with Crippen LogP contribution < -0.4 is 20.7 Å². The summed E-state index contributed by atoms with van der Waals surface area (Å²) in [5.74, 6) is -1.44. The number of halogens is 1. The monoisotopic (exact) mass is 1110 g/mol. The molecule has 4 aromatic carbocycles. The Morgan fingerprint density at radius 1 is 0.734 bits per heavy atom. The molecule has 4 aromatic rings. The van der Waals surface area contributed by atoms with E-state index in [4.69, 9.17) is 36.0 Å². The average molecular weight is 1110 g/mol. The van der Waals surface area contributed by atoms with Crippen molar-refractivity contribution in [2.24, 2.45) is 5.41 Å². The zero-order valence-corrected chi connectivity index (χ0v) is 48.3. The Labute approximate surface area is 402 Å². The number of hydrogen-bond donors (Lipinski definition) is 0. The Morgan fingerprint density at radius 2 is 1.19 bits per heavy atom. The van der Waals surface area contributed by atoms with Crippen LogP contribution in [0.5, 0.6) is 0 Å². The normalized spacial score (nSPS) is 23.6. The van der Waals surface area contributed by atoms with Gasteiger partial charge in [-0.2, -0.15) is 0 Å². The van der Waals surface area contributed by atoms with Gasteiger partial charge in [-0.15, -0.1) is 0 Å². The van der Waals surface area contributed by atoms with Crippen LogP contribution in [-0.2, 0) is 55.9 Å². The number of ether oxygens (including phenoxy) is 4. The number of hydrogen-bond acceptors (Lipinski definition) is 7. The summed E-state index contributed by atoms with van der Waals surface area (Å²) >= 11 is -1.60. The summed E-state index contributed by atoms with van der Waals surface area (Å²) in [5.41, 5.74) is 0.603. The molecule has 0 radical (unpaired) electrons. The van der Waals surface area contributed by atoms with Crippen LogP contribution in [0.4, 0.5) is 0 Å². The van der Waals surface area contributed by atoms with E-state index in [0.717, 1.165) is 10.4 Å². The second-order valence-corrected chi connectivity index (χ2v) is 36.0. The molecule has 11 heteroatoms. The summed E-state index contributed by atoms with van der Waals surface area (Å²) < 4.78 is 42.6. The summed E-state index contributed by atoms with van der Waals surface area (Å²) in [6.45, 7) is 20.5. The van der Waals surface area contributed by atoms with Gasteiger partial charge in [-0.05, 0) is 15.4 Å². The minimum absolute atomic E-state index is 0.0255. The van der Waals surface area contributed by atoms with E-state index in [0.29, 0.717) is 38.9 Å². The summed E-state index contributed by atoms with van der Waals surface area (Å²) in [7, 11) is 2.84. The second kappa shape index (κ2) is 21.7. The summed E-state index contributed by atoms with van der Waals surface area (Å²) in [6.07, 6.45) is 4.51. The van der Waals surface area contributed by atoms with Crippen molar-refractivity contribution in [3.63, 3.8) is 0 Å². The van der Waals surface area contributed by atoms with Crippen LogP contribution >= 0.6 is 8.25 Å². The summed E-state index contributed by atoms with van der Waals surface area (Å²) in [4.78, 5) is 12.8. The number of benzene rings is 4. The molecule has 0 aliphatic carbocycles. The number of methoxy groups -OCH3 is 1. The van der Waals surface area contributed by atoms with E-state index in [1.54, 1.807) is 7.11 Å². The topological polar surface area (TPSA) is 72.5 Å². The van der Waals surface area contributed by atoms with Gasteiger partial charge in [-0.1, -0.05) is 81.4 Å². The number of carbonyl (C=O) groups is 1. The fraction of sp³-hybridized carbons (Fsp3) is 0.491. The Hall–Kier alpha value is -2.45. The van der Waals surface area contributed by atoms with Crippen molar-refractivity contribution in [1.29, 1.82) is 0 Å². The van der Waals surface area contributed by atoms with E-state index in [2.05, 4.69) is 183 Å². The zero-order chi connectivity index (χ0) is 46.2. The van der Waals surface area contributed by atoms with Crippen molar-refractivity contribution in [2.45, 2.75) is 139 Å². The van der Waals surface area contributed by atoms with Gasteiger partial charge in [0.1, 0.15) is 0 Å². The summed E-state index contributed by atoms with van der Waals surface area (Å²) in [5, 5.41) is 4.69. The molecule has 0 aromatic heterocycles. The van der Waals surface area contributed by atoms with Crippen molar-refractivity contribution >= 4 is 51.6 Å². The third-order valence-corrected chi connectivity index (χ3v) is 29.1. The molecule has 2 fully saturated rings. The van der Waals surface area contributed by atoms with Crippen LogP contribution in [0.25, 0.3) is 0 Å². The quantitative estimate of drug-likeness (QED) is 0.0593. The number of esters is 1. The standard InChI is InChI=1S/C53H71O7Si2.ClH.Hg/c1-40-36-42(32-34-56-61(50(3,4)5,45-24-16-12-17-25-45)46-26-18-13-19-27-46)37-44(58-40)39-53(55-11)52(9,10)49(59-41(2)54)38-43(60-53)33-35-57-62(51(6,7)8,47-28-20-14-21-29-47)48-30-22-15-23-31-48;;/h12-32,40,43-44,49H,1,33-39H2,2-11H3;1H;/q;;+1/p-1/b42-32+;;/t40?,43-,44+,49+,53+;;/m1../s1. The van der Waals surface area contributed by atoms with Gasteiger partial charge >= 0.3 is 308 Å². The van der Waals surface area contributed by atoms with Crippen molar-refractivity contribution in [3.05, 3.63) is 133 Å². The van der Waals surface area contributed by atoms with Gasteiger partial charge in [0.25, 0.3) is 0 Å². The first-order valence-corrected chi connectivity index (χ1v) is 37.7. The maximum atomic E-state index is 12.8. The van der Waals surface area contributed by atoms with E-state index >= 15 is 0 Å². The third kappa shape index (κ3) is 10.9. The zero-order valence-electron chi connectivity index (χ0n) is 40.0. The molecule has 2 aliphatic rings. The number of rotatable bonds is 17. The molecule has 2 aliphatic heterocycles. The molecular weight excluding hydrogens is 1040 g/mol. The molecule has 342 valence electrons. The SMILES string of the molecule is CO[C@@]1(C[C@@H]2C/C(=C/CO[Si](c3ccccc3)(c3ccccc3)C(C)(C)C)CC([CH2][Hg][Cl])O2)O[C@H](CCO[Si](c2ccccc2)(c2ccccc2)C(C)(C)C)C[C@H](OC(C)=O)C1(C)C. The molecule has 6 rings (SSSR count). The first kappa shape index (κ1) is 51.0. The van der Waals surface area contributed by atoms with Crippen LogP contribution in [0.2, 0.25) is 14.0 Å². The Morgan fingerprint density at radius 3 is 1.61 bits per heavy atom. The van der Waals surface area contributed by atoms with Crippen LogP contribution in [0, 0.1) is 5.41 Å². The average Bonchev–Trinajstić information content (AvgIpc) is 3.26. The van der Waals surface area contributed by atoms with Gasteiger partial charge in [-0.3, -0.25) is 0 Å². The molecule has 1 unspecified atom stereocenters. The Kier molecular flexibility index (Phi) is 17.2. The first-order chi connectivity index (χ1) is 30.4. The molecule has 0 amide bonds. The van der Waals surface area contributed by atoms with Gasteiger partial charge in [0.15, 0.2) is 0 Å². The molecule has 5 atom stereocenters. The molecule has 2 saturated heterocycles. The van der Waals surface area contributed by atoms with Crippen molar-refractivity contribution in [3.8, 4) is 0 Å². The minimum atomic E-state index is -2.79. The van der Waals surface area contributed by atoms with Gasteiger partial charge in [0, 0.05) is 0 Å². The van der Waals surface area contributed by atoms with Crippen LogP contribution in [-0.4, -0.2) is 73.1 Å². The molecule has 0 N–H and O–H groups in total. The van der Waals surface area contributed by atoms with Crippen LogP contribution in [0.1, 0.15) is 94.4 Å². The molecule has 0 bridgehead atoms. The molecule has 7 nitrogen and oxygen atoms in total. The van der Waals surface area contributed by atoms with Gasteiger partial charge in [0.2, 0.25) is 0 Å². The third-order valence-electron chi connectivity index (χ3n) is 13.8. The first-order valence-electron chi connectivity index (χ1n) is 23.2. The molecular formula is C53H71ClHgO7Si2. The van der Waals surface area contributed by atoms with Gasteiger partial charge in [-0.25, -0.2) is 0 Å². The predicted molar refractivity (Wildman–Crippen MR) is 262 cm³/mol.